The Kier molecular flexibility index (Phi) is 5.18. The van der Waals surface area contributed by atoms with Crippen LogP contribution >= 0.6 is 11.8 Å². The summed E-state index contributed by atoms with van der Waals surface area (Å²) in [6.45, 7) is 6.20. The quantitative estimate of drug-likeness (QED) is 0.830. The molecule has 0 aromatic heterocycles. The van der Waals surface area contributed by atoms with Gasteiger partial charge in [0.05, 0.1) is 11.3 Å². The van der Waals surface area contributed by atoms with Gasteiger partial charge in [-0.2, -0.15) is 0 Å². The van der Waals surface area contributed by atoms with Gasteiger partial charge in [-0.15, -0.1) is 0 Å². The number of carbonyl (C=O) groups is 2. The van der Waals surface area contributed by atoms with Crippen LogP contribution in [0.2, 0.25) is 0 Å². The minimum Gasteiger partial charge on any atom is -0.335 e. The number of hydrogen-bond acceptors (Lipinski definition) is 3. The number of urea groups is 1. The van der Waals surface area contributed by atoms with Gasteiger partial charge in [0.25, 0.3) is 5.24 Å². The van der Waals surface area contributed by atoms with E-state index >= 15 is 0 Å². The Labute approximate surface area is 148 Å². The first-order valence-electron chi connectivity index (χ1n) is 8.84. The highest BCUT2D eigenvalue weighted by atomic mass is 32.2. The number of nitrogens with zero attached hydrogens (tertiary/aromatic N) is 1. The summed E-state index contributed by atoms with van der Waals surface area (Å²) in [4.78, 5) is 26.5. The molecule has 1 aliphatic carbocycles. The highest BCUT2D eigenvalue weighted by Gasteiger charge is 2.43. The van der Waals surface area contributed by atoms with Crippen molar-refractivity contribution in [3.05, 3.63) is 35.4 Å². The molecule has 5 heteroatoms. The van der Waals surface area contributed by atoms with Crippen molar-refractivity contribution in [2.45, 2.75) is 63.8 Å². The maximum absolute atomic E-state index is 12.7. The number of benzene rings is 1. The topological polar surface area (TPSA) is 49.4 Å². The molecule has 1 saturated heterocycles. The van der Waals surface area contributed by atoms with Crippen molar-refractivity contribution in [3.63, 3.8) is 0 Å². The number of rotatable bonds is 2. The minimum atomic E-state index is -0.228. The van der Waals surface area contributed by atoms with Crippen molar-refractivity contribution >= 4 is 23.0 Å². The second-order valence-corrected chi connectivity index (χ2v) is 8.24. The number of amides is 3. The molecule has 2 fully saturated rings. The first-order valence-corrected chi connectivity index (χ1v) is 9.72. The van der Waals surface area contributed by atoms with Gasteiger partial charge in [0.1, 0.15) is 0 Å². The van der Waals surface area contributed by atoms with E-state index in [0.717, 1.165) is 24.8 Å². The standard InChI is InChI=1S/C19H26N2O2S/c1-12-8-10-15(11-9-12)17-14(3)21(19(23)24-17)18(22)20-16-7-5-4-6-13(16)2/h8-11,13-14,16-17H,4-7H2,1-3H3,(H,20,22)/t13?,14-,16?,17+/m1/s1. The third-order valence-electron chi connectivity index (χ3n) is 5.31. The Morgan fingerprint density at radius 1 is 1.17 bits per heavy atom. The fraction of sp³-hybridized carbons (Fsp3) is 0.579. The van der Waals surface area contributed by atoms with Gasteiger partial charge in [0.2, 0.25) is 0 Å². The molecule has 4 nitrogen and oxygen atoms in total. The van der Waals surface area contributed by atoms with Gasteiger partial charge in [-0.25, -0.2) is 4.79 Å². The Morgan fingerprint density at radius 2 is 1.83 bits per heavy atom. The molecule has 0 bridgehead atoms. The van der Waals surface area contributed by atoms with Gasteiger partial charge in [0.15, 0.2) is 0 Å². The highest BCUT2D eigenvalue weighted by molar-refractivity contribution is 8.14. The van der Waals surface area contributed by atoms with Crippen LogP contribution in [0, 0.1) is 12.8 Å². The average Bonchev–Trinajstić information content (AvgIpc) is 2.85. The van der Waals surface area contributed by atoms with Crippen LogP contribution in [0.4, 0.5) is 9.59 Å². The second-order valence-electron chi connectivity index (χ2n) is 7.14. The third kappa shape index (κ3) is 3.46. The Morgan fingerprint density at radius 3 is 2.50 bits per heavy atom. The van der Waals surface area contributed by atoms with Crippen LogP contribution in [0.3, 0.4) is 0 Å². The molecule has 130 valence electrons. The summed E-state index contributed by atoms with van der Waals surface area (Å²) < 4.78 is 0. The Bertz CT molecular complexity index is 616. The van der Waals surface area contributed by atoms with E-state index in [2.05, 4.69) is 36.5 Å². The van der Waals surface area contributed by atoms with Gasteiger partial charge in [-0.05, 0) is 38.2 Å². The minimum absolute atomic E-state index is 0.00706. The molecule has 3 amide bonds. The van der Waals surface area contributed by atoms with Gasteiger partial charge in [0, 0.05) is 6.04 Å². The van der Waals surface area contributed by atoms with Crippen molar-refractivity contribution < 1.29 is 9.59 Å². The van der Waals surface area contributed by atoms with E-state index in [1.54, 1.807) is 0 Å². The molecule has 0 spiro atoms. The molecule has 1 aromatic carbocycles. The van der Waals surface area contributed by atoms with Gasteiger partial charge >= 0.3 is 6.03 Å². The average molecular weight is 346 g/mol. The largest absolute Gasteiger partial charge is 0.335 e. The Balaban J connectivity index is 1.70. The first-order chi connectivity index (χ1) is 11.5. The zero-order valence-corrected chi connectivity index (χ0v) is 15.4. The summed E-state index contributed by atoms with van der Waals surface area (Å²) in [7, 11) is 0. The van der Waals surface area contributed by atoms with Gasteiger partial charge < -0.3 is 5.32 Å². The van der Waals surface area contributed by atoms with E-state index in [1.165, 1.54) is 28.6 Å². The lowest BCUT2D eigenvalue weighted by molar-refractivity contribution is 0.178. The van der Waals surface area contributed by atoms with Crippen molar-refractivity contribution in [1.82, 2.24) is 10.2 Å². The fourth-order valence-corrected chi connectivity index (χ4v) is 4.89. The van der Waals surface area contributed by atoms with Crippen molar-refractivity contribution in [2.24, 2.45) is 5.92 Å². The van der Waals surface area contributed by atoms with Crippen LogP contribution in [0.15, 0.2) is 24.3 Å². The molecule has 0 radical (unpaired) electrons. The van der Waals surface area contributed by atoms with Crippen molar-refractivity contribution in [1.29, 1.82) is 0 Å². The van der Waals surface area contributed by atoms with Crippen LogP contribution in [0.25, 0.3) is 0 Å². The number of imide groups is 1. The van der Waals surface area contributed by atoms with E-state index in [-0.39, 0.29) is 28.6 Å². The molecule has 1 saturated carbocycles. The number of carbonyl (C=O) groups excluding carboxylic acids is 2. The zero-order valence-electron chi connectivity index (χ0n) is 14.6. The third-order valence-corrected chi connectivity index (χ3v) is 6.63. The first kappa shape index (κ1) is 17.3. The van der Waals surface area contributed by atoms with Crippen molar-refractivity contribution in [3.8, 4) is 0 Å². The van der Waals surface area contributed by atoms with Gasteiger partial charge in [-0.1, -0.05) is 61.4 Å². The second kappa shape index (κ2) is 7.18. The summed E-state index contributed by atoms with van der Waals surface area (Å²) in [5, 5.41) is 2.97. The molecular formula is C19H26N2O2S. The highest BCUT2D eigenvalue weighted by Crippen LogP contribution is 2.43. The molecule has 3 rings (SSSR count). The molecule has 1 aromatic rings. The van der Waals surface area contributed by atoms with Gasteiger partial charge in [-0.3, -0.25) is 9.69 Å². The molecule has 2 aliphatic rings. The van der Waals surface area contributed by atoms with E-state index < -0.39 is 0 Å². The van der Waals surface area contributed by atoms with Crippen LogP contribution in [0.5, 0.6) is 0 Å². The van der Waals surface area contributed by atoms with Crippen LogP contribution < -0.4 is 5.32 Å². The summed E-state index contributed by atoms with van der Waals surface area (Å²) >= 11 is 1.26. The molecule has 1 heterocycles. The lowest BCUT2D eigenvalue weighted by Gasteiger charge is -2.31. The van der Waals surface area contributed by atoms with Crippen molar-refractivity contribution in [2.75, 3.05) is 0 Å². The molecule has 24 heavy (non-hydrogen) atoms. The predicted molar refractivity (Wildman–Crippen MR) is 98.2 cm³/mol. The monoisotopic (exact) mass is 346 g/mol. The normalized spacial score (nSPS) is 30.5. The summed E-state index contributed by atoms with van der Waals surface area (Å²) in [5.74, 6) is 0.483. The lowest BCUT2D eigenvalue weighted by Crippen LogP contribution is -2.50. The van der Waals surface area contributed by atoms with Crippen LogP contribution in [-0.4, -0.2) is 28.3 Å². The molecule has 2 unspecified atom stereocenters. The molecule has 1 N–H and O–H groups in total. The Hall–Kier alpha value is -1.49. The number of aryl methyl sites for hydroxylation is 1. The summed E-state index contributed by atoms with van der Waals surface area (Å²) in [6.07, 6.45) is 4.55. The van der Waals surface area contributed by atoms with Crippen LogP contribution in [0.1, 0.15) is 55.9 Å². The lowest BCUT2D eigenvalue weighted by atomic mass is 9.86. The number of nitrogens with one attached hydrogen (secondary N) is 1. The molecular weight excluding hydrogens is 320 g/mol. The summed E-state index contributed by atoms with van der Waals surface area (Å²) in [6, 6.07) is 8.05. The fourth-order valence-electron chi connectivity index (χ4n) is 3.69. The maximum atomic E-state index is 12.7. The van der Waals surface area contributed by atoms with E-state index in [0.29, 0.717) is 5.92 Å². The van der Waals surface area contributed by atoms with E-state index in [4.69, 9.17) is 0 Å². The molecule has 1 aliphatic heterocycles. The van der Waals surface area contributed by atoms with Crippen LogP contribution in [-0.2, 0) is 0 Å². The smallest absolute Gasteiger partial charge is 0.325 e. The van der Waals surface area contributed by atoms with E-state index in [1.807, 2.05) is 13.8 Å². The molecule has 4 atom stereocenters. The SMILES string of the molecule is Cc1ccc([C@H]2SC(=O)N(C(=O)NC3CCCCC3C)[C@@H]2C)cc1. The maximum Gasteiger partial charge on any atom is 0.325 e. The summed E-state index contributed by atoms with van der Waals surface area (Å²) in [5.41, 5.74) is 2.30. The number of hydrogen-bond donors (Lipinski definition) is 1. The van der Waals surface area contributed by atoms with E-state index in [9.17, 15) is 9.59 Å². The zero-order chi connectivity index (χ0) is 17.3. The number of thioether (sulfide) groups is 1. The predicted octanol–water partition coefficient (Wildman–Crippen LogP) is 4.88.